The molecule has 6 heteroatoms. The number of rotatable bonds is 7. The summed E-state index contributed by atoms with van der Waals surface area (Å²) in [6.07, 6.45) is 0. The van der Waals surface area contributed by atoms with Gasteiger partial charge >= 0.3 is 0 Å². The second-order valence-electron chi connectivity index (χ2n) is 3.81. The van der Waals surface area contributed by atoms with E-state index in [2.05, 4.69) is 20.3 Å². The van der Waals surface area contributed by atoms with Crippen molar-refractivity contribution in [2.24, 2.45) is 0 Å². The number of ether oxygens (including phenoxy) is 2. The Bertz CT molecular complexity index is 498. The highest BCUT2D eigenvalue weighted by Crippen LogP contribution is 2.14. The number of nitrogens with one attached hydrogen (secondary N) is 2. The SMILES string of the molecule is CCOc1ccc2[nH]c(CNCCOC)nc2n1. The standard InChI is InChI=1S/C12H18N4O2/c1-3-18-11-5-4-9-12(16-11)15-10(14-9)8-13-6-7-17-2/h4-5,13H,3,6-8H2,1-2H3,(H,14,15,16). The summed E-state index contributed by atoms with van der Waals surface area (Å²) in [5.41, 5.74) is 1.60. The molecule has 2 aromatic heterocycles. The molecular weight excluding hydrogens is 232 g/mol. The summed E-state index contributed by atoms with van der Waals surface area (Å²) in [7, 11) is 1.68. The zero-order valence-electron chi connectivity index (χ0n) is 10.7. The molecule has 2 rings (SSSR count). The zero-order valence-corrected chi connectivity index (χ0v) is 10.7. The molecule has 2 heterocycles. The predicted octanol–water partition coefficient (Wildman–Crippen LogP) is 1.09. The Morgan fingerprint density at radius 2 is 2.22 bits per heavy atom. The van der Waals surface area contributed by atoms with Crippen LogP contribution in [0.3, 0.4) is 0 Å². The number of hydrogen-bond acceptors (Lipinski definition) is 5. The minimum atomic E-state index is 0.606. The number of nitrogens with zero attached hydrogens (tertiary/aromatic N) is 2. The lowest BCUT2D eigenvalue weighted by Gasteiger charge is -2.00. The van der Waals surface area contributed by atoms with Gasteiger partial charge in [0.2, 0.25) is 5.88 Å². The van der Waals surface area contributed by atoms with E-state index in [1.165, 1.54) is 0 Å². The molecule has 0 aliphatic carbocycles. The van der Waals surface area contributed by atoms with Crippen molar-refractivity contribution in [3.8, 4) is 5.88 Å². The van der Waals surface area contributed by atoms with Crippen LogP contribution in [0.25, 0.3) is 11.2 Å². The number of aromatic amines is 1. The first-order valence-electron chi connectivity index (χ1n) is 6.01. The molecule has 2 aromatic rings. The summed E-state index contributed by atoms with van der Waals surface area (Å²) < 4.78 is 10.3. The normalized spacial score (nSPS) is 11.0. The molecule has 0 atom stereocenters. The van der Waals surface area contributed by atoms with Crippen LogP contribution in [-0.4, -0.2) is 41.8 Å². The number of methoxy groups -OCH3 is 1. The third-order valence-corrected chi connectivity index (χ3v) is 2.44. The second kappa shape index (κ2) is 6.32. The van der Waals surface area contributed by atoms with Crippen LogP contribution in [0.1, 0.15) is 12.7 Å². The molecule has 0 saturated heterocycles. The molecule has 0 radical (unpaired) electrons. The fourth-order valence-electron chi connectivity index (χ4n) is 1.62. The van der Waals surface area contributed by atoms with Gasteiger partial charge in [-0.2, -0.15) is 4.98 Å². The minimum Gasteiger partial charge on any atom is -0.478 e. The molecule has 0 aromatic carbocycles. The van der Waals surface area contributed by atoms with E-state index in [-0.39, 0.29) is 0 Å². The molecule has 0 saturated carbocycles. The van der Waals surface area contributed by atoms with Gasteiger partial charge in [-0.05, 0) is 13.0 Å². The second-order valence-corrected chi connectivity index (χ2v) is 3.81. The topological polar surface area (TPSA) is 72.1 Å². The maximum Gasteiger partial charge on any atom is 0.215 e. The largest absolute Gasteiger partial charge is 0.478 e. The molecule has 18 heavy (non-hydrogen) atoms. The molecule has 98 valence electrons. The number of fused-ring (bicyclic) bond motifs is 1. The van der Waals surface area contributed by atoms with Gasteiger partial charge in [0.05, 0.1) is 25.3 Å². The van der Waals surface area contributed by atoms with E-state index in [0.29, 0.717) is 31.3 Å². The van der Waals surface area contributed by atoms with Crippen molar-refractivity contribution in [1.82, 2.24) is 20.3 Å². The van der Waals surface area contributed by atoms with E-state index in [1.54, 1.807) is 7.11 Å². The van der Waals surface area contributed by atoms with Crippen molar-refractivity contribution in [1.29, 1.82) is 0 Å². The third-order valence-electron chi connectivity index (χ3n) is 2.44. The number of pyridine rings is 1. The van der Waals surface area contributed by atoms with Crippen molar-refractivity contribution in [3.63, 3.8) is 0 Å². The molecule has 6 nitrogen and oxygen atoms in total. The average molecular weight is 250 g/mol. The van der Waals surface area contributed by atoms with Gasteiger partial charge in [-0.25, -0.2) is 4.98 Å². The smallest absolute Gasteiger partial charge is 0.215 e. The highest BCUT2D eigenvalue weighted by molar-refractivity contribution is 5.71. The third kappa shape index (κ3) is 3.18. The van der Waals surface area contributed by atoms with E-state index in [1.807, 2.05) is 19.1 Å². The quantitative estimate of drug-likeness (QED) is 0.720. The van der Waals surface area contributed by atoms with Crippen LogP contribution in [0.15, 0.2) is 12.1 Å². The van der Waals surface area contributed by atoms with E-state index >= 15 is 0 Å². The summed E-state index contributed by atoms with van der Waals surface area (Å²) in [5.74, 6) is 1.47. The van der Waals surface area contributed by atoms with Gasteiger partial charge in [0.15, 0.2) is 5.65 Å². The lowest BCUT2D eigenvalue weighted by Crippen LogP contribution is -2.19. The summed E-state index contributed by atoms with van der Waals surface area (Å²) in [6.45, 7) is 4.69. The maximum atomic E-state index is 5.34. The van der Waals surface area contributed by atoms with Crippen LogP contribution >= 0.6 is 0 Å². The lowest BCUT2D eigenvalue weighted by molar-refractivity contribution is 0.199. The van der Waals surface area contributed by atoms with Crippen LogP contribution in [0.2, 0.25) is 0 Å². The van der Waals surface area contributed by atoms with Crippen molar-refractivity contribution >= 4 is 11.2 Å². The highest BCUT2D eigenvalue weighted by Gasteiger charge is 2.05. The highest BCUT2D eigenvalue weighted by atomic mass is 16.5. The molecule has 0 fully saturated rings. The van der Waals surface area contributed by atoms with Crippen LogP contribution in [0, 0.1) is 0 Å². The summed E-state index contributed by atoms with van der Waals surface area (Å²) in [5, 5.41) is 3.23. The minimum absolute atomic E-state index is 0.606. The molecule has 0 amide bonds. The fraction of sp³-hybridized carbons (Fsp3) is 0.500. The first-order chi connectivity index (χ1) is 8.83. The molecule has 0 aliphatic rings. The summed E-state index contributed by atoms with van der Waals surface area (Å²) >= 11 is 0. The number of hydrogen-bond donors (Lipinski definition) is 2. The van der Waals surface area contributed by atoms with Crippen molar-refractivity contribution in [3.05, 3.63) is 18.0 Å². The van der Waals surface area contributed by atoms with Crippen molar-refractivity contribution in [2.75, 3.05) is 26.9 Å². The van der Waals surface area contributed by atoms with Gasteiger partial charge < -0.3 is 19.8 Å². The van der Waals surface area contributed by atoms with E-state index in [0.717, 1.165) is 17.9 Å². The molecule has 0 aliphatic heterocycles. The summed E-state index contributed by atoms with van der Waals surface area (Å²) in [4.78, 5) is 11.9. The molecular formula is C12H18N4O2. The molecule has 0 bridgehead atoms. The maximum absolute atomic E-state index is 5.34. The van der Waals surface area contributed by atoms with Crippen molar-refractivity contribution in [2.45, 2.75) is 13.5 Å². The molecule has 0 unspecified atom stereocenters. The van der Waals surface area contributed by atoms with Crippen LogP contribution in [0.4, 0.5) is 0 Å². The van der Waals surface area contributed by atoms with E-state index in [4.69, 9.17) is 9.47 Å². The van der Waals surface area contributed by atoms with Gasteiger partial charge in [-0.15, -0.1) is 0 Å². The van der Waals surface area contributed by atoms with Crippen molar-refractivity contribution < 1.29 is 9.47 Å². The van der Waals surface area contributed by atoms with Gasteiger partial charge in [0.25, 0.3) is 0 Å². The average Bonchev–Trinajstić information content (AvgIpc) is 2.77. The van der Waals surface area contributed by atoms with Gasteiger partial charge in [0.1, 0.15) is 5.82 Å². The van der Waals surface area contributed by atoms with Gasteiger partial charge in [-0.3, -0.25) is 0 Å². The Morgan fingerprint density at radius 1 is 1.33 bits per heavy atom. The monoisotopic (exact) mass is 250 g/mol. The van der Waals surface area contributed by atoms with Crippen LogP contribution < -0.4 is 10.1 Å². The Balaban J connectivity index is 2.02. The number of aromatic nitrogens is 3. The van der Waals surface area contributed by atoms with Crippen LogP contribution in [0.5, 0.6) is 5.88 Å². The van der Waals surface area contributed by atoms with Crippen LogP contribution in [-0.2, 0) is 11.3 Å². The van der Waals surface area contributed by atoms with E-state index < -0.39 is 0 Å². The lowest BCUT2D eigenvalue weighted by atomic mass is 10.4. The Morgan fingerprint density at radius 3 is 3.00 bits per heavy atom. The van der Waals surface area contributed by atoms with Gasteiger partial charge in [-0.1, -0.05) is 0 Å². The first kappa shape index (κ1) is 12.8. The number of H-pyrrole nitrogens is 1. The molecule has 0 spiro atoms. The fourth-order valence-corrected chi connectivity index (χ4v) is 1.62. The number of imidazole rings is 1. The predicted molar refractivity (Wildman–Crippen MR) is 68.6 cm³/mol. The Kier molecular flexibility index (Phi) is 4.49. The molecule has 2 N–H and O–H groups in total. The Labute approximate surface area is 106 Å². The van der Waals surface area contributed by atoms with Gasteiger partial charge in [0, 0.05) is 19.7 Å². The Hall–Kier alpha value is -1.66. The zero-order chi connectivity index (χ0) is 12.8. The first-order valence-corrected chi connectivity index (χ1v) is 6.01. The van der Waals surface area contributed by atoms with E-state index in [9.17, 15) is 0 Å². The summed E-state index contributed by atoms with van der Waals surface area (Å²) in [6, 6.07) is 3.77.